The summed E-state index contributed by atoms with van der Waals surface area (Å²) in [6.45, 7) is 0.524. The highest BCUT2D eigenvalue weighted by Gasteiger charge is 2.15. The molecule has 0 aliphatic carbocycles. The number of aryl methyl sites for hydroxylation is 1. The van der Waals surface area contributed by atoms with Crippen molar-refractivity contribution in [2.45, 2.75) is 11.4 Å². The number of rotatable bonds is 3. The first kappa shape index (κ1) is 14.1. The van der Waals surface area contributed by atoms with Gasteiger partial charge in [-0.25, -0.2) is 0 Å². The molecule has 100 valence electrons. The monoisotopic (exact) mass is 339 g/mol. The van der Waals surface area contributed by atoms with Gasteiger partial charge < -0.3 is 4.90 Å². The van der Waals surface area contributed by atoms with Crippen LogP contribution >= 0.6 is 28.6 Å². The van der Waals surface area contributed by atoms with Crippen LogP contribution in [0.2, 0.25) is 0 Å². The first-order valence-electron chi connectivity index (χ1n) is 5.69. The Kier molecular flexibility index (Phi) is 4.31. The van der Waals surface area contributed by atoms with Crippen molar-refractivity contribution in [3.8, 4) is 0 Å². The number of aromatic nitrogens is 2. The minimum absolute atomic E-state index is 0.0543. The van der Waals surface area contributed by atoms with Crippen LogP contribution in [0.1, 0.15) is 15.9 Å². The third kappa shape index (κ3) is 3.39. The molecule has 1 amide bonds. The lowest BCUT2D eigenvalue weighted by Crippen LogP contribution is -2.26. The quantitative estimate of drug-likeness (QED) is 0.873. The largest absolute Gasteiger partial charge is 0.337 e. The van der Waals surface area contributed by atoms with Crippen LogP contribution in [0.4, 0.5) is 0 Å². The lowest BCUT2D eigenvalue weighted by Gasteiger charge is -2.17. The second-order valence-electron chi connectivity index (χ2n) is 4.34. The maximum absolute atomic E-state index is 12.3. The Bertz CT molecular complexity index is 612. The zero-order valence-electron chi connectivity index (χ0n) is 10.7. The molecule has 4 nitrogen and oxygen atoms in total. The molecule has 1 aromatic carbocycles. The van der Waals surface area contributed by atoms with Crippen molar-refractivity contribution >= 4 is 34.5 Å². The summed E-state index contributed by atoms with van der Waals surface area (Å²) in [4.78, 5) is 14.6. The Morgan fingerprint density at radius 3 is 2.84 bits per heavy atom. The molecule has 19 heavy (non-hydrogen) atoms. The zero-order valence-corrected chi connectivity index (χ0v) is 13.1. The smallest absolute Gasteiger partial charge is 0.255 e. The maximum Gasteiger partial charge on any atom is 0.255 e. The summed E-state index contributed by atoms with van der Waals surface area (Å²) in [6, 6.07) is 5.42. The van der Waals surface area contributed by atoms with Gasteiger partial charge in [0.1, 0.15) is 0 Å². The normalized spacial score (nSPS) is 10.5. The van der Waals surface area contributed by atoms with Crippen molar-refractivity contribution in [3.63, 3.8) is 0 Å². The van der Waals surface area contributed by atoms with E-state index in [0.717, 1.165) is 10.0 Å². The van der Waals surface area contributed by atoms with E-state index < -0.39 is 0 Å². The van der Waals surface area contributed by atoms with Crippen molar-refractivity contribution in [2.75, 3.05) is 7.05 Å². The van der Waals surface area contributed by atoms with Crippen LogP contribution in [0.25, 0.3) is 0 Å². The Morgan fingerprint density at radius 1 is 1.53 bits per heavy atom. The van der Waals surface area contributed by atoms with Gasteiger partial charge in [0.05, 0.1) is 11.8 Å². The number of thiol groups is 1. The Balaban J connectivity index is 2.14. The highest BCUT2D eigenvalue weighted by molar-refractivity contribution is 9.10. The van der Waals surface area contributed by atoms with Crippen LogP contribution in [0.15, 0.2) is 40.0 Å². The lowest BCUT2D eigenvalue weighted by atomic mass is 10.2. The zero-order chi connectivity index (χ0) is 14.0. The molecule has 0 aliphatic rings. The van der Waals surface area contributed by atoms with E-state index in [-0.39, 0.29) is 5.91 Å². The van der Waals surface area contributed by atoms with Gasteiger partial charge in [0.2, 0.25) is 0 Å². The van der Waals surface area contributed by atoms with Crippen molar-refractivity contribution in [2.24, 2.45) is 7.05 Å². The first-order chi connectivity index (χ1) is 8.97. The molecule has 0 radical (unpaired) electrons. The van der Waals surface area contributed by atoms with E-state index in [2.05, 4.69) is 33.7 Å². The Morgan fingerprint density at radius 2 is 2.26 bits per heavy atom. The fraction of sp³-hybridized carbons (Fsp3) is 0.231. The number of halogens is 1. The second kappa shape index (κ2) is 5.79. The molecule has 0 spiro atoms. The highest BCUT2D eigenvalue weighted by atomic mass is 79.9. The van der Waals surface area contributed by atoms with Gasteiger partial charge in [-0.3, -0.25) is 9.48 Å². The average molecular weight is 340 g/mol. The summed E-state index contributed by atoms with van der Waals surface area (Å²) in [5.41, 5.74) is 1.59. The number of nitrogens with zero attached hydrogens (tertiary/aromatic N) is 3. The van der Waals surface area contributed by atoms with Gasteiger partial charge in [-0.1, -0.05) is 15.9 Å². The van der Waals surface area contributed by atoms with Gasteiger partial charge in [-0.15, -0.1) is 12.6 Å². The van der Waals surface area contributed by atoms with E-state index in [1.807, 2.05) is 25.4 Å². The fourth-order valence-corrected chi connectivity index (χ4v) is 2.64. The highest BCUT2D eigenvalue weighted by Crippen LogP contribution is 2.21. The molecule has 0 saturated heterocycles. The first-order valence-corrected chi connectivity index (χ1v) is 6.93. The van der Waals surface area contributed by atoms with E-state index in [1.54, 1.807) is 28.9 Å². The summed E-state index contributed by atoms with van der Waals surface area (Å²) < 4.78 is 2.63. The molecule has 1 heterocycles. The topological polar surface area (TPSA) is 38.1 Å². The molecule has 0 saturated carbocycles. The maximum atomic E-state index is 12.3. The van der Waals surface area contributed by atoms with Gasteiger partial charge in [0.15, 0.2) is 0 Å². The molecule has 0 fully saturated rings. The standard InChI is InChI=1S/C13H14BrN3OS/c1-16(7-9-6-15-17(2)8-9)13(18)11-4-3-10(14)5-12(11)19/h3-6,8,19H,7H2,1-2H3. The molecule has 0 aliphatic heterocycles. The van der Waals surface area contributed by atoms with Crippen molar-refractivity contribution < 1.29 is 4.79 Å². The van der Waals surface area contributed by atoms with Crippen LogP contribution in [-0.2, 0) is 13.6 Å². The van der Waals surface area contributed by atoms with E-state index in [9.17, 15) is 4.79 Å². The minimum Gasteiger partial charge on any atom is -0.337 e. The van der Waals surface area contributed by atoms with E-state index in [1.165, 1.54) is 0 Å². The number of carbonyl (C=O) groups excluding carboxylic acids is 1. The van der Waals surface area contributed by atoms with Crippen LogP contribution in [-0.4, -0.2) is 27.6 Å². The molecule has 2 aromatic rings. The van der Waals surface area contributed by atoms with E-state index in [4.69, 9.17) is 0 Å². The Labute approximate surface area is 125 Å². The van der Waals surface area contributed by atoms with Gasteiger partial charge in [-0.2, -0.15) is 5.10 Å². The third-order valence-corrected chi connectivity index (χ3v) is 3.58. The lowest BCUT2D eigenvalue weighted by molar-refractivity contribution is 0.0781. The molecule has 1 aromatic heterocycles. The molecule has 0 atom stereocenters. The van der Waals surface area contributed by atoms with Gasteiger partial charge in [-0.05, 0) is 18.2 Å². The van der Waals surface area contributed by atoms with Crippen molar-refractivity contribution in [1.29, 1.82) is 0 Å². The van der Waals surface area contributed by atoms with Crippen molar-refractivity contribution in [1.82, 2.24) is 14.7 Å². The summed E-state index contributed by atoms with van der Waals surface area (Å²) in [5, 5.41) is 4.09. The predicted molar refractivity (Wildman–Crippen MR) is 80.4 cm³/mol. The van der Waals surface area contributed by atoms with Gasteiger partial charge in [0.25, 0.3) is 5.91 Å². The Hall–Kier alpha value is -1.27. The number of hydrogen-bond donors (Lipinski definition) is 1. The molecule has 0 unspecified atom stereocenters. The molecule has 0 N–H and O–H groups in total. The minimum atomic E-state index is -0.0543. The summed E-state index contributed by atoms with van der Waals surface area (Å²) in [5.74, 6) is -0.0543. The van der Waals surface area contributed by atoms with E-state index >= 15 is 0 Å². The summed E-state index contributed by atoms with van der Waals surface area (Å²) >= 11 is 7.69. The molecular formula is C13H14BrN3OS. The van der Waals surface area contributed by atoms with Crippen molar-refractivity contribution in [3.05, 3.63) is 46.2 Å². The SMILES string of the molecule is CN(Cc1cnn(C)c1)C(=O)c1ccc(Br)cc1S. The number of amides is 1. The average Bonchev–Trinajstić information content (AvgIpc) is 2.74. The molecular weight excluding hydrogens is 326 g/mol. The number of benzene rings is 1. The van der Waals surface area contributed by atoms with Crippen LogP contribution in [0.3, 0.4) is 0 Å². The molecule has 2 rings (SSSR count). The second-order valence-corrected chi connectivity index (χ2v) is 5.74. The van der Waals surface area contributed by atoms with Crippen LogP contribution in [0.5, 0.6) is 0 Å². The summed E-state index contributed by atoms with van der Waals surface area (Å²) in [6.07, 6.45) is 3.65. The van der Waals surface area contributed by atoms with Gasteiger partial charge >= 0.3 is 0 Å². The summed E-state index contributed by atoms with van der Waals surface area (Å²) in [7, 11) is 3.62. The van der Waals surface area contributed by atoms with E-state index in [0.29, 0.717) is 17.0 Å². The van der Waals surface area contributed by atoms with Gasteiger partial charge in [0, 0.05) is 41.8 Å². The molecule has 6 heteroatoms. The predicted octanol–water partition coefficient (Wildman–Crippen LogP) is 2.74. The van der Waals surface area contributed by atoms with Crippen LogP contribution in [0, 0.1) is 0 Å². The number of hydrogen-bond acceptors (Lipinski definition) is 3. The molecule has 0 bridgehead atoms. The number of carbonyl (C=O) groups is 1. The fourth-order valence-electron chi connectivity index (χ4n) is 1.79. The van der Waals surface area contributed by atoms with Crippen LogP contribution < -0.4 is 0 Å². The third-order valence-electron chi connectivity index (χ3n) is 2.71.